The van der Waals surface area contributed by atoms with Crippen LogP contribution in [0.3, 0.4) is 0 Å². The van der Waals surface area contributed by atoms with Gasteiger partial charge in [-0.15, -0.1) is 10.2 Å². The molecular weight excluding hydrogens is 474 g/mol. The van der Waals surface area contributed by atoms with Crippen molar-refractivity contribution < 1.29 is 9.72 Å². The molecule has 3 aromatic carbocycles. The van der Waals surface area contributed by atoms with Crippen molar-refractivity contribution in [3.05, 3.63) is 111 Å². The standard InChI is InChI=1S/C27H27N5O3S/c1-19-7-6-10-22(17-19)18-36-27-30-29-26(31(27)23-12-14-24(15-13-23)32(34)35)20(2)28-25(33)16-11-21-8-4-3-5-9-21/h3-10,12-15,17,20H,11,16,18H2,1-2H3,(H,28,33). The molecule has 1 amide bonds. The first-order chi connectivity index (χ1) is 17.4. The van der Waals surface area contributed by atoms with Crippen LogP contribution in [0.25, 0.3) is 5.69 Å². The summed E-state index contributed by atoms with van der Waals surface area (Å²) in [6, 6.07) is 24.0. The van der Waals surface area contributed by atoms with Crippen molar-refractivity contribution in [2.75, 3.05) is 0 Å². The Kier molecular flexibility index (Phi) is 8.12. The Labute approximate surface area is 213 Å². The van der Waals surface area contributed by atoms with Crippen LogP contribution in [0, 0.1) is 17.0 Å². The maximum absolute atomic E-state index is 12.7. The monoisotopic (exact) mass is 501 g/mol. The topological polar surface area (TPSA) is 103 Å². The lowest BCUT2D eigenvalue weighted by Crippen LogP contribution is -2.28. The van der Waals surface area contributed by atoms with Gasteiger partial charge in [0.15, 0.2) is 11.0 Å². The molecule has 1 heterocycles. The normalized spacial score (nSPS) is 11.7. The Morgan fingerprint density at radius 2 is 1.75 bits per heavy atom. The van der Waals surface area contributed by atoms with E-state index < -0.39 is 11.0 Å². The van der Waals surface area contributed by atoms with Crippen LogP contribution in [0.4, 0.5) is 5.69 Å². The van der Waals surface area contributed by atoms with Crippen LogP contribution in [-0.4, -0.2) is 25.6 Å². The van der Waals surface area contributed by atoms with Crippen LogP contribution in [0.15, 0.2) is 84.0 Å². The Bertz CT molecular complexity index is 1340. The molecule has 1 aromatic heterocycles. The first kappa shape index (κ1) is 25.1. The average Bonchev–Trinajstić information content (AvgIpc) is 3.31. The summed E-state index contributed by atoms with van der Waals surface area (Å²) in [4.78, 5) is 23.4. The highest BCUT2D eigenvalue weighted by molar-refractivity contribution is 7.98. The van der Waals surface area contributed by atoms with E-state index in [2.05, 4.69) is 27.6 Å². The van der Waals surface area contributed by atoms with Gasteiger partial charge in [-0.1, -0.05) is 71.9 Å². The molecule has 184 valence electrons. The number of carbonyl (C=O) groups excluding carboxylic acids is 1. The number of nitrogens with zero attached hydrogens (tertiary/aromatic N) is 4. The number of hydrogen-bond acceptors (Lipinski definition) is 6. The average molecular weight is 502 g/mol. The minimum absolute atomic E-state index is 0.00426. The van der Waals surface area contributed by atoms with Gasteiger partial charge in [0, 0.05) is 30.0 Å². The predicted octanol–water partition coefficient (Wildman–Crippen LogP) is 5.59. The maximum atomic E-state index is 12.7. The second kappa shape index (κ2) is 11.6. The molecule has 9 heteroatoms. The number of benzene rings is 3. The van der Waals surface area contributed by atoms with Crippen molar-refractivity contribution in [2.24, 2.45) is 0 Å². The van der Waals surface area contributed by atoms with Crippen molar-refractivity contribution in [1.29, 1.82) is 0 Å². The number of carbonyl (C=O) groups is 1. The van der Waals surface area contributed by atoms with E-state index in [1.807, 2.05) is 60.9 Å². The summed E-state index contributed by atoms with van der Waals surface area (Å²) in [6.45, 7) is 3.91. The lowest BCUT2D eigenvalue weighted by Gasteiger charge is -2.16. The van der Waals surface area contributed by atoms with E-state index in [0.29, 0.717) is 35.3 Å². The fourth-order valence-corrected chi connectivity index (χ4v) is 4.75. The Morgan fingerprint density at radius 3 is 2.44 bits per heavy atom. The number of amides is 1. The lowest BCUT2D eigenvalue weighted by molar-refractivity contribution is -0.384. The highest BCUT2D eigenvalue weighted by atomic mass is 32.2. The highest BCUT2D eigenvalue weighted by Gasteiger charge is 2.21. The number of aromatic nitrogens is 3. The molecule has 4 aromatic rings. The second-order valence-electron chi connectivity index (χ2n) is 8.50. The van der Waals surface area contributed by atoms with Crippen LogP contribution >= 0.6 is 11.8 Å². The molecule has 0 fully saturated rings. The summed E-state index contributed by atoms with van der Waals surface area (Å²) in [7, 11) is 0. The first-order valence-electron chi connectivity index (χ1n) is 11.6. The minimum Gasteiger partial charge on any atom is -0.346 e. The maximum Gasteiger partial charge on any atom is 0.269 e. The molecular formula is C27H27N5O3S. The molecule has 8 nitrogen and oxygen atoms in total. The SMILES string of the molecule is Cc1cccc(CSc2nnc(C(C)NC(=O)CCc3ccccc3)n2-c2ccc([N+](=O)[O-])cc2)c1. The number of nitro groups is 1. The first-order valence-corrected chi connectivity index (χ1v) is 12.6. The smallest absolute Gasteiger partial charge is 0.269 e. The van der Waals surface area contributed by atoms with Gasteiger partial charge in [-0.3, -0.25) is 19.5 Å². The summed E-state index contributed by atoms with van der Waals surface area (Å²) in [5.41, 5.74) is 4.13. The molecule has 1 N–H and O–H groups in total. The quantitative estimate of drug-likeness (QED) is 0.173. The molecule has 0 aliphatic carbocycles. The van der Waals surface area contributed by atoms with Gasteiger partial charge in [-0.05, 0) is 43.5 Å². The Hall–Kier alpha value is -3.98. The number of hydrogen-bond donors (Lipinski definition) is 1. The molecule has 0 spiro atoms. The van der Waals surface area contributed by atoms with Crippen molar-refractivity contribution in [3.8, 4) is 5.69 Å². The summed E-state index contributed by atoms with van der Waals surface area (Å²) < 4.78 is 1.85. The summed E-state index contributed by atoms with van der Waals surface area (Å²) >= 11 is 1.52. The zero-order chi connectivity index (χ0) is 25.5. The molecule has 0 aliphatic rings. The van der Waals surface area contributed by atoms with Crippen molar-refractivity contribution in [2.45, 2.75) is 43.6 Å². The van der Waals surface area contributed by atoms with E-state index in [-0.39, 0.29) is 11.6 Å². The zero-order valence-corrected chi connectivity index (χ0v) is 20.9. The van der Waals surface area contributed by atoms with Gasteiger partial charge in [0.25, 0.3) is 5.69 Å². The number of rotatable bonds is 10. The van der Waals surface area contributed by atoms with Crippen LogP contribution < -0.4 is 5.32 Å². The minimum atomic E-state index is -0.431. The van der Waals surface area contributed by atoms with E-state index in [1.54, 1.807) is 12.1 Å². The van der Waals surface area contributed by atoms with E-state index >= 15 is 0 Å². The number of nitro benzene ring substituents is 1. The molecule has 4 rings (SSSR count). The molecule has 0 radical (unpaired) electrons. The summed E-state index contributed by atoms with van der Waals surface area (Å²) in [5, 5.41) is 23.6. The van der Waals surface area contributed by atoms with E-state index in [0.717, 1.165) is 11.1 Å². The largest absolute Gasteiger partial charge is 0.346 e. The van der Waals surface area contributed by atoms with E-state index in [1.165, 1.54) is 29.5 Å². The van der Waals surface area contributed by atoms with Crippen LogP contribution in [0.5, 0.6) is 0 Å². The van der Waals surface area contributed by atoms with Gasteiger partial charge in [0.05, 0.1) is 11.0 Å². The molecule has 1 unspecified atom stereocenters. The van der Waals surface area contributed by atoms with E-state index in [9.17, 15) is 14.9 Å². The van der Waals surface area contributed by atoms with Crippen molar-refractivity contribution in [1.82, 2.24) is 20.1 Å². The fraction of sp³-hybridized carbons (Fsp3) is 0.222. The highest BCUT2D eigenvalue weighted by Crippen LogP contribution is 2.28. The molecule has 36 heavy (non-hydrogen) atoms. The van der Waals surface area contributed by atoms with Crippen LogP contribution in [0.1, 0.15) is 41.9 Å². The molecule has 0 aliphatic heterocycles. The Morgan fingerprint density at radius 1 is 1.03 bits per heavy atom. The number of nitrogens with one attached hydrogen (secondary N) is 1. The fourth-order valence-electron chi connectivity index (χ4n) is 3.85. The lowest BCUT2D eigenvalue weighted by atomic mass is 10.1. The van der Waals surface area contributed by atoms with Crippen molar-refractivity contribution >= 4 is 23.4 Å². The number of aryl methyl sites for hydroxylation is 2. The predicted molar refractivity (Wildman–Crippen MR) is 140 cm³/mol. The van der Waals surface area contributed by atoms with Gasteiger partial charge in [0.2, 0.25) is 5.91 Å². The molecule has 1 atom stereocenters. The van der Waals surface area contributed by atoms with E-state index in [4.69, 9.17) is 0 Å². The third-order valence-corrected chi connectivity index (χ3v) is 6.68. The molecule has 0 bridgehead atoms. The second-order valence-corrected chi connectivity index (χ2v) is 9.44. The van der Waals surface area contributed by atoms with Gasteiger partial charge in [-0.2, -0.15) is 0 Å². The third kappa shape index (κ3) is 6.37. The molecule has 0 saturated heterocycles. The Balaban J connectivity index is 1.55. The van der Waals surface area contributed by atoms with Crippen LogP contribution in [-0.2, 0) is 17.0 Å². The summed E-state index contributed by atoms with van der Waals surface area (Å²) in [5.74, 6) is 1.16. The van der Waals surface area contributed by atoms with Gasteiger partial charge < -0.3 is 5.32 Å². The van der Waals surface area contributed by atoms with Gasteiger partial charge in [-0.25, -0.2) is 0 Å². The van der Waals surface area contributed by atoms with Gasteiger partial charge in [0.1, 0.15) is 0 Å². The van der Waals surface area contributed by atoms with Gasteiger partial charge >= 0.3 is 0 Å². The molecule has 0 saturated carbocycles. The number of non-ortho nitro benzene ring substituents is 1. The summed E-state index contributed by atoms with van der Waals surface area (Å²) in [6.07, 6.45) is 1.00. The number of thioether (sulfide) groups is 1. The van der Waals surface area contributed by atoms with Crippen LogP contribution in [0.2, 0.25) is 0 Å². The van der Waals surface area contributed by atoms with Crippen molar-refractivity contribution in [3.63, 3.8) is 0 Å². The zero-order valence-electron chi connectivity index (χ0n) is 20.1. The third-order valence-electron chi connectivity index (χ3n) is 5.68.